The zero-order chi connectivity index (χ0) is 13.7. The summed E-state index contributed by atoms with van der Waals surface area (Å²) in [5, 5.41) is 4.16. The van der Waals surface area contributed by atoms with Gasteiger partial charge in [0.25, 0.3) is 0 Å². The molecular weight excluding hydrogens is 342 g/mol. The number of hydrogen-bond acceptors (Lipinski definition) is 2. The Hall–Kier alpha value is -0.480. The number of nitrogens with one attached hydrogen (secondary N) is 1. The molecular formula is C15H15BrClNS. The van der Waals surface area contributed by atoms with Crippen LogP contribution >= 0.6 is 39.3 Å². The minimum atomic E-state index is 0.793. The predicted octanol–water partition coefficient (Wildman–Crippen LogP) is 5.36. The van der Waals surface area contributed by atoms with Crippen LogP contribution in [0.25, 0.3) is 0 Å². The van der Waals surface area contributed by atoms with Crippen molar-refractivity contribution in [1.82, 2.24) is 5.32 Å². The van der Waals surface area contributed by atoms with E-state index in [4.69, 9.17) is 11.6 Å². The summed E-state index contributed by atoms with van der Waals surface area (Å²) in [7, 11) is 0. The summed E-state index contributed by atoms with van der Waals surface area (Å²) < 4.78 is 1.09. The molecule has 1 nitrogen and oxygen atoms in total. The van der Waals surface area contributed by atoms with E-state index in [0.717, 1.165) is 27.5 Å². The Bertz CT molecular complexity index is 560. The van der Waals surface area contributed by atoms with Gasteiger partial charge in [-0.25, -0.2) is 0 Å². The summed E-state index contributed by atoms with van der Waals surface area (Å²) >= 11 is 11.5. The smallest absolute Gasteiger partial charge is 0.0545 e. The molecule has 0 saturated carbocycles. The fraction of sp³-hybridized carbons (Fsp3) is 0.200. The molecule has 0 aromatic heterocycles. The maximum atomic E-state index is 6.22. The van der Waals surface area contributed by atoms with Crippen molar-refractivity contribution in [1.29, 1.82) is 0 Å². The van der Waals surface area contributed by atoms with Crippen molar-refractivity contribution in [2.24, 2.45) is 0 Å². The highest BCUT2D eigenvalue weighted by molar-refractivity contribution is 9.10. The molecule has 0 bridgehead atoms. The van der Waals surface area contributed by atoms with Crippen molar-refractivity contribution in [3.05, 3.63) is 57.5 Å². The highest BCUT2D eigenvalue weighted by Gasteiger charge is 2.07. The van der Waals surface area contributed by atoms with E-state index in [9.17, 15) is 0 Å². The maximum Gasteiger partial charge on any atom is 0.0545 e. The molecule has 2 aromatic rings. The average Bonchev–Trinajstić information content (AvgIpc) is 2.40. The predicted molar refractivity (Wildman–Crippen MR) is 87.1 cm³/mol. The third-order valence-electron chi connectivity index (χ3n) is 2.65. The average molecular weight is 357 g/mol. The zero-order valence-electron chi connectivity index (χ0n) is 10.6. The molecule has 19 heavy (non-hydrogen) atoms. The van der Waals surface area contributed by atoms with Crippen LogP contribution in [0, 0.1) is 0 Å². The molecule has 2 rings (SSSR count). The minimum absolute atomic E-state index is 0.793. The summed E-state index contributed by atoms with van der Waals surface area (Å²) in [5.74, 6) is 0. The summed E-state index contributed by atoms with van der Waals surface area (Å²) in [6.07, 6.45) is 0. The van der Waals surface area contributed by atoms with Gasteiger partial charge in [0.05, 0.1) is 5.02 Å². The van der Waals surface area contributed by atoms with Crippen molar-refractivity contribution in [3.63, 3.8) is 0 Å². The third-order valence-corrected chi connectivity index (χ3v) is 4.76. The van der Waals surface area contributed by atoms with E-state index in [1.54, 1.807) is 11.8 Å². The highest BCUT2D eigenvalue weighted by Crippen LogP contribution is 2.36. The van der Waals surface area contributed by atoms with E-state index in [1.807, 2.05) is 24.3 Å². The van der Waals surface area contributed by atoms with Gasteiger partial charge < -0.3 is 5.32 Å². The molecule has 0 heterocycles. The van der Waals surface area contributed by atoms with Gasteiger partial charge in [0.2, 0.25) is 0 Å². The van der Waals surface area contributed by atoms with Crippen LogP contribution in [0.4, 0.5) is 0 Å². The minimum Gasteiger partial charge on any atom is -0.313 e. The second-order valence-electron chi connectivity index (χ2n) is 4.06. The van der Waals surface area contributed by atoms with Gasteiger partial charge >= 0.3 is 0 Å². The molecule has 0 amide bonds. The Balaban J connectivity index is 2.27. The second-order valence-corrected chi connectivity index (χ2v) is 6.47. The lowest BCUT2D eigenvalue weighted by Crippen LogP contribution is -2.12. The van der Waals surface area contributed by atoms with Crippen molar-refractivity contribution >= 4 is 39.3 Å². The lowest BCUT2D eigenvalue weighted by molar-refractivity contribution is 0.718. The Labute approximate surface area is 131 Å². The van der Waals surface area contributed by atoms with E-state index < -0.39 is 0 Å². The first-order valence-corrected chi connectivity index (χ1v) is 8.11. The number of hydrogen-bond donors (Lipinski definition) is 1. The molecule has 0 atom stereocenters. The fourth-order valence-electron chi connectivity index (χ4n) is 1.68. The number of benzene rings is 2. The first-order valence-electron chi connectivity index (χ1n) is 6.12. The van der Waals surface area contributed by atoms with Crippen LogP contribution in [0.15, 0.2) is 56.7 Å². The Morgan fingerprint density at radius 2 is 1.95 bits per heavy atom. The van der Waals surface area contributed by atoms with E-state index in [2.05, 4.69) is 46.4 Å². The largest absolute Gasteiger partial charge is 0.313 e. The lowest BCUT2D eigenvalue weighted by atomic mass is 10.2. The molecule has 0 aliphatic heterocycles. The fourth-order valence-corrected chi connectivity index (χ4v) is 3.45. The van der Waals surface area contributed by atoms with Gasteiger partial charge in [-0.1, -0.05) is 64.4 Å². The van der Waals surface area contributed by atoms with E-state index in [0.29, 0.717) is 0 Å². The Kier molecular flexibility index (Phi) is 5.76. The topological polar surface area (TPSA) is 12.0 Å². The van der Waals surface area contributed by atoms with Crippen molar-refractivity contribution < 1.29 is 0 Å². The van der Waals surface area contributed by atoms with Gasteiger partial charge in [0, 0.05) is 20.8 Å². The molecule has 0 aliphatic rings. The van der Waals surface area contributed by atoms with Crippen molar-refractivity contribution in [3.8, 4) is 0 Å². The van der Waals surface area contributed by atoms with Gasteiger partial charge in [-0.3, -0.25) is 0 Å². The molecule has 0 radical (unpaired) electrons. The Morgan fingerprint density at radius 3 is 2.68 bits per heavy atom. The van der Waals surface area contributed by atoms with E-state index >= 15 is 0 Å². The first kappa shape index (κ1) is 14.9. The molecule has 4 heteroatoms. The van der Waals surface area contributed by atoms with Crippen LogP contribution in [0.5, 0.6) is 0 Å². The summed E-state index contributed by atoms with van der Waals surface area (Å²) in [6.45, 7) is 3.95. The number of rotatable bonds is 5. The number of halogens is 2. The highest BCUT2D eigenvalue weighted by atomic mass is 79.9. The molecule has 100 valence electrons. The summed E-state index contributed by atoms with van der Waals surface area (Å²) in [6, 6.07) is 14.3. The van der Waals surface area contributed by atoms with E-state index in [1.165, 1.54) is 10.5 Å². The third kappa shape index (κ3) is 4.25. The molecule has 0 aliphatic carbocycles. The van der Waals surface area contributed by atoms with Crippen LogP contribution in [0.2, 0.25) is 5.02 Å². The molecule has 0 fully saturated rings. The lowest BCUT2D eigenvalue weighted by Gasteiger charge is -2.11. The van der Waals surface area contributed by atoms with Crippen LogP contribution in [0.1, 0.15) is 12.5 Å². The van der Waals surface area contributed by atoms with Crippen molar-refractivity contribution in [2.75, 3.05) is 6.54 Å². The molecule has 2 aromatic carbocycles. The van der Waals surface area contributed by atoms with E-state index in [-0.39, 0.29) is 0 Å². The van der Waals surface area contributed by atoms with Crippen LogP contribution in [-0.4, -0.2) is 6.54 Å². The van der Waals surface area contributed by atoms with Gasteiger partial charge in [-0.15, -0.1) is 0 Å². The Morgan fingerprint density at radius 1 is 1.16 bits per heavy atom. The van der Waals surface area contributed by atoms with Gasteiger partial charge in [-0.05, 0) is 36.4 Å². The van der Waals surface area contributed by atoms with Crippen LogP contribution in [0.3, 0.4) is 0 Å². The van der Waals surface area contributed by atoms with Gasteiger partial charge in [0.15, 0.2) is 0 Å². The standard InChI is InChI=1S/C15H15BrClNS/c1-2-18-10-11-7-8-12(16)9-15(11)19-14-6-4-3-5-13(14)17/h3-9,18H,2,10H2,1H3. The van der Waals surface area contributed by atoms with Crippen LogP contribution < -0.4 is 5.32 Å². The SMILES string of the molecule is CCNCc1ccc(Br)cc1Sc1ccccc1Cl. The zero-order valence-corrected chi connectivity index (χ0v) is 13.8. The second kappa shape index (κ2) is 7.34. The summed E-state index contributed by atoms with van der Waals surface area (Å²) in [5.41, 5.74) is 1.29. The molecule has 0 spiro atoms. The normalized spacial score (nSPS) is 10.7. The van der Waals surface area contributed by atoms with Gasteiger partial charge in [-0.2, -0.15) is 0 Å². The van der Waals surface area contributed by atoms with Crippen LogP contribution in [-0.2, 0) is 6.54 Å². The molecule has 1 N–H and O–H groups in total. The molecule has 0 unspecified atom stereocenters. The molecule has 0 saturated heterocycles. The van der Waals surface area contributed by atoms with Gasteiger partial charge in [0.1, 0.15) is 0 Å². The quantitative estimate of drug-likeness (QED) is 0.773. The monoisotopic (exact) mass is 355 g/mol. The summed E-state index contributed by atoms with van der Waals surface area (Å²) in [4.78, 5) is 2.31. The first-order chi connectivity index (χ1) is 9.20. The van der Waals surface area contributed by atoms with Crippen molar-refractivity contribution in [2.45, 2.75) is 23.3 Å². The maximum absolute atomic E-state index is 6.22.